The molecule has 0 saturated carbocycles. The van der Waals surface area contributed by atoms with Crippen LogP contribution in [0.1, 0.15) is 31.4 Å². The van der Waals surface area contributed by atoms with Crippen LogP contribution in [0.3, 0.4) is 0 Å². The highest BCUT2D eigenvalue weighted by Gasteiger charge is 2.38. The monoisotopic (exact) mass is 292 g/mol. The number of hydrogen-bond acceptors (Lipinski definition) is 4. The lowest BCUT2D eigenvalue weighted by molar-refractivity contribution is -0.129. The van der Waals surface area contributed by atoms with E-state index in [4.69, 9.17) is 15.2 Å². The Morgan fingerprint density at radius 2 is 2.19 bits per heavy atom. The summed E-state index contributed by atoms with van der Waals surface area (Å²) < 4.78 is 10.8. The zero-order chi connectivity index (χ0) is 15.2. The third-order valence-corrected chi connectivity index (χ3v) is 3.68. The van der Waals surface area contributed by atoms with E-state index in [2.05, 4.69) is 6.92 Å². The van der Waals surface area contributed by atoms with Gasteiger partial charge in [0, 0.05) is 26.1 Å². The Bertz CT molecular complexity index is 478. The Morgan fingerprint density at radius 3 is 2.90 bits per heavy atom. The molecule has 1 aromatic carbocycles. The van der Waals surface area contributed by atoms with E-state index in [9.17, 15) is 4.79 Å². The lowest BCUT2D eigenvalue weighted by Crippen LogP contribution is -2.35. The molecule has 2 rings (SSSR count). The van der Waals surface area contributed by atoms with Crippen molar-refractivity contribution in [1.82, 2.24) is 4.90 Å². The van der Waals surface area contributed by atoms with Crippen LogP contribution < -0.4 is 10.5 Å². The molecule has 5 heteroatoms. The second-order valence-electron chi connectivity index (χ2n) is 5.31. The highest BCUT2D eigenvalue weighted by Crippen LogP contribution is 2.33. The van der Waals surface area contributed by atoms with E-state index in [0.29, 0.717) is 26.2 Å². The number of likely N-dealkylation sites (tertiary alicyclic amines) is 1. The van der Waals surface area contributed by atoms with Gasteiger partial charge in [0.05, 0.1) is 19.3 Å². The molecular formula is C16H24N2O3. The topological polar surface area (TPSA) is 64.8 Å². The average molecular weight is 292 g/mol. The first kappa shape index (κ1) is 15.8. The first-order chi connectivity index (χ1) is 10.2. The SMILES string of the molecule is CCCOc1cccc(C2C(N)CC(=O)N2CCOC)c1. The van der Waals surface area contributed by atoms with Gasteiger partial charge in [0.1, 0.15) is 5.75 Å². The smallest absolute Gasteiger partial charge is 0.224 e. The van der Waals surface area contributed by atoms with Crippen molar-refractivity contribution in [2.75, 3.05) is 26.9 Å². The zero-order valence-electron chi connectivity index (χ0n) is 12.7. The summed E-state index contributed by atoms with van der Waals surface area (Å²) in [6, 6.07) is 7.58. The first-order valence-corrected chi connectivity index (χ1v) is 7.44. The van der Waals surface area contributed by atoms with Crippen molar-refractivity contribution in [2.24, 2.45) is 5.73 Å². The Balaban J connectivity index is 2.18. The largest absolute Gasteiger partial charge is 0.494 e. The van der Waals surface area contributed by atoms with Crippen LogP contribution in [0.4, 0.5) is 0 Å². The van der Waals surface area contributed by atoms with E-state index >= 15 is 0 Å². The molecule has 2 unspecified atom stereocenters. The van der Waals surface area contributed by atoms with Gasteiger partial charge in [-0.1, -0.05) is 19.1 Å². The van der Waals surface area contributed by atoms with Gasteiger partial charge in [-0.15, -0.1) is 0 Å². The van der Waals surface area contributed by atoms with E-state index in [0.717, 1.165) is 17.7 Å². The Kier molecular flexibility index (Phi) is 5.59. The summed E-state index contributed by atoms with van der Waals surface area (Å²) in [5.74, 6) is 0.914. The van der Waals surface area contributed by atoms with Crippen molar-refractivity contribution in [2.45, 2.75) is 31.8 Å². The standard InChI is InChI=1S/C16H24N2O3/c1-3-8-21-13-6-4-5-12(10-13)16-14(17)11-15(19)18(16)7-9-20-2/h4-6,10,14,16H,3,7-9,11,17H2,1-2H3. The van der Waals surface area contributed by atoms with Gasteiger partial charge in [0.25, 0.3) is 0 Å². The molecule has 1 aliphatic rings. The minimum Gasteiger partial charge on any atom is -0.494 e. The minimum atomic E-state index is -0.184. The second kappa shape index (κ2) is 7.43. The van der Waals surface area contributed by atoms with Crippen molar-refractivity contribution in [3.63, 3.8) is 0 Å². The number of nitrogens with two attached hydrogens (primary N) is 1. The summed E-state index contributed by atoms with van der Waals surface area (Å²) in [5.41, 5.74) is 7.20. The van der Waals surface area contributed by atoms with Crippen molar-refractivity contribution >= 4 is 5.91 Å². The van der Waals surface area contributed by atoms with E-state index < -0.39 is 0 Å². The average Bonchev–Trinajstić information content (AvgIpc) is 2.77. The fraction of sp³-hybridized carbons (Fsp3) is 0.562. The number of methoxy groups -OCH3 is 1. The number of nitrogens with zero attached hydrogens (tertiary/aromatic N) is 1. The summed E-state index contributed by atoms with van der Waals surface area (Å²) in [5, 5.41) is 0. The molecule has 2 atom stereocenters. The molecule has 1 fully saturated rings. The maximum absolute atomic E-state index is 12.1. The van der Waals surface area contributed by atoms with Crippen LogP contribution in [0.2, 0.25) is 0 Å². The molecule has 1 saturated heterocycles. The lowest BCUT2D eigenvalue weighted by atomic mass is 10.0. The summed E-state index contributed by atoms with van der Waals surface area (Å²) in [6.45, 7) is 3.84. The maximum atomic E-state index is 12.1. The number of hydrogen-bond donors (Lipinski definition) is 1. The molecule has 0 spiro atoms. The molecule has 0 bridgehead atoms. The molecule has 21 heavy (non-hydrogen) atoms. The van der Waals surface area contributed by atoms with E-state index in [1.807, 2.05) is 29.2 Å². The Morgan fingerprint density at radius 1 is 1.38 bits per heavy atom. The fourth-order valence-electron chi connectivity index (χ4n) is 2.71. The number of ether oxygens (including phenoxy) is 2. The highest BCUT2D eigenvalue weighted by atomic mass is 16.5. The van der Waals surface area contributed by atoms with E-state index in [1.54, 1.807) is 7.11 Å². The van der Waals surface area contributed by atoms with Crippen LogP contribution in [0.15, 0.2) is 24.3 Å². The zero-order valence-corrected chi connectivity index (χ0v) is 12.7. The predicted octanol–water partition coefficient (Wildman–Crippen LogP) is 1.72. The molecule has 1 aromatic rings. The van der Waals surface area contributed by atoms with Gasteiger partial charge in [-0.25, -0.2) is 0 Å². The quantitative estimate of drug-likeness (QED) is 0.831. The Hall–Kier alpha value is -1.59. The molecule has 1 aliphatic heterocycles. The maximum Gasteiger partial charge on any atom is 0.224 e. The molecule has 1 heterocycles. The van der Waals surface area contributed by atoms with Gasteiger partial charge in [-0.05, 0) is 24.1 Å². The van der Waals surface area contributed by atoms with Crippen molar-refractivity contribution in [3.8, 4) is 5.75 Å². The molecule has 5 nitrogen and oxygen atoms in total. The van der Waals surface area contributed by atoms with Gasteiger partial charge < -0.3 is 20.1 Å². The van der Waals surface area contributed by atoms with Crippen molar-refractivity contribution < 1.29 is 14.3 Å². The molecule has 116 valence electrons. The van der Waals surface area contributed by atoms with Crippen LogP contribution in [-0.4, -0.2) is 43.7 Å². The Labute approximate surface area is 126 Å². The number of rotatable bonds is 7. The van der Waals surface area contributed by atoms with Crippen LogP contribution in [0, 0.1) is 0 Å². The first-order valence-electron chi connectivity index (χ1n) is 7.44. The highest BCUT2D eigenvalue weighted by molar-refractivity contribution is 5.80. The molecule has 0 radical (unpaired) electrons. The summed E-state index contributed by atoms with van der Waals surface area (Å²) in [6.07, 6.45) is 1.35. The van der Waals surface area contributed by atoms with Gasteiger partial charge in [0.2, 0.25) is 5.91 Å². The van der Waals surface area contributed by atoms with Gasteiger partial charge in [-0.3, -0.25) is 4.79 Å². The summed E-state index contributed by atoms with van der Waals surface area (Å²) >= 11 is 0. The van der Waals surface area contributed by atoms with Crippen LogP contribution in [0.25, 0.3) is 0 Å². The fourth-order valence-corrected chi connectivity index (χ4v) is 2.71. The molecule has 1 amide bonds. The summed E-state index contributed by atoms with van der Waals surface area (Å²) in [4.78, 5) is 13.9. The minimum absolute atomic E-state index is 0.0874. The van der Waals surface area contributed by atoms with Crippen LogP contribution in [-0.2, 0) is 9.53 Å². The van der Waals surface area contributed by atoms with Crippen molar-refractivity contribution in [3.05, 3.63) is 29.8 Å². The van der Waals surface area contributed by atoms with Crippen LogP contribution >= 0.6 is 0 Å². The molecule has 2 N–H and O–H groups in total. The molecule has 0 aliphatic carbocycles. The third-order valence-electron chi connectivity index (χ3n) is 3.68. The van der Waals surface area contributed by atoms with Gasteiger partial charge in [-0.2, -0.15) is 0 Å². The number of amides is 1. The van der Waals surface area contributed by atoms with E-state index in [-0.39, 0.29) is 18.0 Å². The molecular weight excluding hydrogens is 268 g/mol. The number of carbonyl (C=O) groups excluding carboxylic acids is 1. The lowest BCUT2D eigenvalue weighted by Gasteiger charge is -2.27. The van der Waals surface area contributed by atoms with Crippen molar-refractivity contribution in [1.29, 1.82) is 0 Å². The molecule has 0 aromatic heterocycles. The number of benzene rings is 1. The number of carbonyl (C=O) groups is 1. The van der Waals surface area contributed by atoms with E-state index in [1.165, 1.54) is 0 Å². The van der Waals surface area contributed by atoms with Crippen LogP contribution in [0.5, 0.6) is 5.75 Å². The predicted molar refractivity (Wildman–Crippen MR) is 81.2 cm³/mol. The van der Waals surface area contributed by atoms with Gasteiger partial charge in [0.15, 0.2) is 0 Å². The second-order valence-corrected chi connectivity index (χ2v) is 5.31. The third kappa shape index (κ3) is 3.74. The summed E-state index contributed by atoms with van der Waals surface area (Å²) in [7, 11) is 1.63. The van der Waals surface area contributed by atoms with Gasteiger partial charge >= 0.3 is 0 Å². The normalized spacial score (nSPS) is 21.9.